The second-order valence-electron chi connectivity index (χ2n) is 6.17. The van der Waals surface area contributed by atoms with Gasteiger partial charge in [-0.05, 0) is 43.4 Å². The van der Waals surface area contributed by atoms with E-state index in [2.05, 4.69) is 15.8 Å². The number of carbonyl (C=O) groups is 2. The summed E-state index contributed by atoms with van der Waals surface area (Å²) >= 11 is 0. The molecular weight excluding hydrogens is 278 g/mol. The van der Waals surface area contributed by atoms with E-state index in [1.807, 2.05) is 45.0 Å². The Balaban J connectivity index is 1.90. The standard InChI is InChI=1S/C17H23N3O2/c1-11(2)10-16(21)20-19-12(3)13-6-8-15(9-7-13)18-17(22)14-4-5-14/h6-9,11,14H,4-5,10H2,1-3H3,(H,18,22)(H,20,21)/b19-12+. The van der Waals surface area contributed by atoms with Crippen LogP contribution in [0.5, 0.6) is 0 Å². The first-order chi connectivity index (χ1) is 10.5. The van der Waals surface area contributed by atoms with Crippen molar-refractivity contribution in [3.8, 4) is 0 Å². The van der Waals surface area contributed by atoms with Gasteiger partial charge in [0, 0.05) is 18.0 Å². The highest BCUT2D eigenvalue weighted by atomic mass is 16.2. The molecule has 5 nitrogen and oxygen atoms in total. The summed E-state index contributed by atoms with van der Waals surface area (Å²) in [6.07, 6.45) is 2.44. The van der Waals surface area contributed by atoms with Crippen molar-refractivity contribution < 1.29 is 9.59 Å². The van der Waals surface area contributed by atoms with Gasteiger partial charge < -0.3 is 5.32 Å². The normalized spacial score (nSPS) is 14.8. The highest BCUT2D eigenvalue weighted by molar-refractivity contribution is 6.00. The van der Waals surface area contributed by atoms with Crippen LogP contribution in [-0.4, -0.2) is 17.5 Å². The van der Waals surface area contributed by atoms with E-state index >= 15 is 0 Å². The summed E-state index contributed by atoms with van der Waals surface area (Å²) in [6.45, 7) is 5.82. The van der Waals surface area contributed by atoms with Crippen LogP contribution in [0.25, 0.3) is 0 Å². The number of benzene rings is 1. The number of hydrogen-bond acceptors (Lipinski definition) is 3. The van der Waals surface area contributed by atoms with E-state index in [4.69, 9.17) is 0 Å². The van der Waals surface area contributed by atoms with Gasteiger partial charge in [-0.2, -0.15) is 5.10 Å². The Bertz CT molecular complexity index is 572. The molecule has 2 N–H and O–H groups in total. The maximum atomic E-state index is 11.7. The van der Waals surface area contributed by atoms with Crippen LogP contribution in [0.1, 0.15) is 45.6 Å². The number of rotatable bonds is 6. The quantitative estimate of drug-likeness (QED) is 0.626. The van der Waals surface area contributed by atoms with Crippen molar-refractivity contribution in [3.63, 3.8) is 0 Å². The SMILES string of the molecule is C/C(=N\NC(=O)CC(C)C)c1ccc(NC(=O)C2CC2)cc1. The Morgan fingerprint density at radius 3 is 2.41 bits per heavy atom. The molecule has 1 aromatic carbocycles. The van der Waals surface area contributed by atoms with Gasteiger partial charge in [0.2, 0.25) is 11.8 Å². The third-order valence-corrected chi connectivity index (χ3v) is 3.46. The maximum absolute atomic E-state index is 11.7. The number of nitrogens with one attached hydrogen (secondary N) is 2. The van der Waals surface area contributed by atoms with Gasteiger partial charge in [0.05, 0.1) is 5.71 Å². The van der Waals surface area contributed by atoms with Crippen molar-refractivity contribution in [2.24, 2.45) is 16.9 Å². The summed E-state index contributed by atoms with van der Waals surface area (Å²) in [5.74, 6) is 0.519. The zero-order valence-electron chi connectivity index (χ0n) is 13.3. The van der Waals surface area contributed by atoms with E-state index in [0.717, 1.165) is 29.8 Å². The van der Waals surface area contributed by atoms with Crippen molar-refractivity contribution in [1.29, 1.82) is 0 Å². The summed E-state index contributed by atoms with van der Waals surface area (Å²) in [5, 5.41) is 7.00. The number of carbonyl (C=O) groups excluding carboxylic acids is 2. The summed E-state index contributed by atoms with van der Waals surface area (Å²) in [6, 6.07) is 7.47. The largest absolute Gasteiger partial charge is 0.326 e. The lowest BCUT2D eigenvalue weighted by Gasteiger charge is -2.07. The Morgan fingerprint density at radius 1 is 1.23 bits per heavy atom. The van der Waals surface area contributed by atoms with Gasteiger partial charge in [0.1, 0.15) is 0 Å². The van der Waals surface area contributed by atoms with E-state index in [-0.39, 0.29) is 17.7 Å². The summed E-state index contributed by atoms with van der Waals surface area (Å²) in [7, 11) is 0. The molecule has 0 spiro atoms. The fraction of sp³-hybridized carbons (Fsp3) is 0.471. The predicted octanol–water partition coefficient (Wildman–Crippen LogP) is 2.92. The molecule has 22 heavy (non-hydrogen) atoms. The highest BCUT2D eigenvalue weighted by Gasteiger charge is 2.29. The van der Waals surface area contributed by atoms with E-state index in [9.17, 15) is 9.59 Å². The lowest BCUT2D eigenvalue weighted by molar-refractivity contribution is -0.121. The minimum absolute atomic E-state index is 0.0809. The summed E-state index contributed by atoms with van der Waals surface area (Å²) in [4.78, 5) is 23.2. The molecule has 1 aliphatic rings. The number of anilines is 1. The smallest absolute Gasteiger partial charge is 0.240 e. The van der Waals surface area contributed by atoms with Crippen molar-refractivity contribution in [3.05, 3.63) is 29.8 Å². The van der Waals surface area contributed by atoms with Crippen LogP contribution in [-0.2, 0) is 9.59 Å². The number of hydrazone groups is 1. The fourth-order valence-corrected chi connectivity index (χ4v) is 2.01. The molecule has 118 valence electrons. The van der Waals surface area contributed by atoms with E-state index in [0.29, 0.717) is 12.3 Å². The minimum atomic E-state index is -0.0809. The van der Waals surface area contributed by atoms with Crippen molar-refractivity contribution in [1.82, 2.24) is 5.43 Å². The summed E-state index contributed by atoms with van der Waals surface area (Å²) in [5.41, 5.74) is 5.00. The minimum Gasteiger partial charge on any atom is -0.326 e. The molecule has 1 fully saturated rings. The highest BCUT2D eigenvalue weighted by Crippen LogP contribution is 2.30. The number of hydrogen-bond donors (Lipinski definition) is 2. The zero-order chi connectivity index (χ0) is 16.1. The molecule has 2 amide bonds. The van der Waals surface area contributed by atoms with E-state index < -0.39 is 0 Å². The molecule has 0 bridgehead atoms. The van der Waals surface area contributed by atoms with Gasteiger partial charge in [-0.1, -0.05) is 26.0 Å². The van der Waals surface area contributed by atoms with Gasteiger partial charge in [0.25, 0.3) is 0 Å². The molecule has 0 heterocycles. The average Bonchev–Trinajstić information content (AvgIpc) is 3.29. The molecule has 0 atom stereocenters. The number of nitrogens with zero attached hydrogens (tertiary/aromatic N) is 1. The Kier molecular flexibility index (Phi) is 5.31. The first-order valence-corrected chi connectivity index (χ1v) is 7.70. The Labute approximate surface area is 131 Å². The molecule has 1 aromatic rings. The van der Waals surface area contributed by atoms with Crippen molar-refractivity contribution in [2.45, 2.75) is 40.0 Å². The maximum Gasteiger partial charge on any atom is 0.240 e. The third kappa shape index (κ3) is 4.98. The topological polar surface area (TPSA) is 70.6 Å². The van der Waals surface area contributed by atoms with Crippen LogP contribution in [0.2, 0.25) is 0 Å². The van der Waals surface area contributed by atoms with Crippen LogP contribution >= 0.6 is 0 Å². The Hall–Kier alpha value is -2.17. The molecular formula is C17H23N3O2. The average molecular weight is 301 g/mol. The fourth-order valence-electron chi connectivity index (χ4n) is 2.01. The predicted molar refractivity (Wildman–Crippen MR) is 87.6 cm³/mol. The lowest BCUT2D eigenvalue weighted by Crippen LogP contribution is -2.20. The second-order valence-corrected chi connectivity index (χ2v) is 6.17. The molecule has 5 heteroatoms. The molecule has 2 rings (SSSR count). The van der Waals surface area contributed by atoms with Gasteiger partial charge in [-0.25, -0.2) is 5.43 Å². The molecule has 0 aromatic heterocycles. The van der Waals surface area contributed by atoms with Gasteiger partial charge in [0.15, 0.2) is 0 Å². The van der Waals surface area contributed by atoms with Crippen LogP contribution in [0.15, 0.2) is 29.4 Å². The first-order valence-electron chi connectivity index (χ1n) is 7.70. The van der Waals surface area contributed by atoms with Crippen LogP contribution in [0, 0.1) is 11.8 Å². The van der Waals surface area contributed by atoms with Crippen LogP contribution in [0.4, 0.5) is 5.69 Å². The molecule has 1 aliphatic carbocycles. The number of amides is 2. The second kappa shape index (κ2) is 7.20. The van der Waals surface area contributed by atoms with Crippen LogP contribution in [0.3, 0.4) is 0 Å². The van der Waals surface area contributed by atoms with Crippen LogP contribution < -0.4 is 10.7 Å². The lowest BCUT2D eigenvalue weighted by atomic mass is 10.1. The Morgan fingerprint density at radius 2 is 1.86 bits per heavy atom. The summed E-state index contributed by atoms with van der Waals surface area (Å²) < 4.78 is 0. The zero-order valence-corrected chi connectivity index (χ0v) is 13.3. The monoisotopic (exact) mass is 301 g/mol. The van der Waals surface area contributed by atoms with Crippen molar-refractivity contribution >= 4 is 23.2 Å². The molecule has 0 aliphatic heterocycles. The molecule has 0 unspecified atom stereocenters. The van der Waals surface area contributed by atoms with Gasteiger partial charge >= 0.3 is 0 Å². The van der Waals surface area contributed by atoms with Gasteiger partial charge in [-0.3, -0.25) is 9.59 Å². The van der Waals surface area contributed by atoms with E-state index in [1.54, 1.807) is 0 Å². The van der Waals surface area contributed by atoms with E-state index in [1.165, 1.54) is 0 Å². The molecule has 1 saturated carbocycles. The molecule has 0 saturated heterocycles. The first kappa shape index (κ1) is 16.2. The van der Waals surface area contributed by atoms with Gasteiger partial charge in [-0.15, -0.1) is 0 Å². The third-order valence-electron chi connectivity index (χ3n) is 3.46. The van der Waals surface area contributed by atoms with Crippen molar-refractivity contribution in [2.75, 3.05) is 5.32 Å². The molecule has 0 radical (unpaired) electrons.